The highest BCUT2D eigenvalue weighted by Crippen LogP contribution is 2.25. The van der Waals surface area contributed by atoms with Crippen LogP contribution >= 0.6 is 23.2 Å². The Morgan fingerprint density at radius 2 is 1.73 bits per heavy atom. The summed E-state index contributed by atoms with van der Waals surface area (Å²) in [7, 11) is 0. The molecular weight excluding hydrogens is 459 g/mol. The Morgan fingerprint density at radius 3 is 2.33 bits per heavy atom. The van der Waals surface area contributed by atoms with Gasteiger partial charge >= 0.3 is 0 Å². The number of rotatable bonds is 10. The highest BCUT2D eigenvalue weighted by Gasteiger charge is 2.29. The van der Waals surface area contributed by atoms with Gasteiger partial charge in [-0.05, 0) is 81.0 Å². The van der Waals surface area contributed by atoms with Gasteiger partial charge in [0.1, 0.15) is 11.8 Å². The fraction of sp³-hybridized carbons (Fsp3) is 0.462. The maximum Gasteiger partial charge on any atom is 0.261 e. The van der Waals surface area contributed by atoms with E-state index in [4.69, 9.17) is 27.9 Å². The summed E-state index contributed by atoms with van der Waals surface area (Å²) in [6.45, 7) is 11.9. The van der Waals surface area contributed by atoms with Crippen molar-refractivity contribution >= 4 is 35.0 Å². The topological polar surface area (TPSA) is 58.6 Å². The van der Waals surface area contributed by atoms with E-state index >= 15 is 0 Å². The Bertz CT molecular complexity index is 994. The van der Waals surface area contributed by atoms with E-state index in [1.807, 2.05) is 53.7 Å². The van der Waals surface area contributed by atoms with E-state index in [0.717, 1.165) is 28.7 Å². The summed E-state index contributed by atoms with van der Waals surface area (Å²) in [4.78, 5) is 28.0. The largest absolute Gasteiger partial charge is 0.483 e. The van der Waals surface area contributed by atoms with Crippen molar-refractivity contribution in [3.05, 3.63) is 62.6 Å². The number of amides is 2. The molecule has 2 atom stereocenters. The van der Waals surface area contributed by atoms with Crippen LogP contribution in [0.4, 0.5) is 0 Å². The van der Waals surface area contributed by atoms with Gasteiger partial charge in [0.05, 0.1) is 10.0 Å². The Balaban J connectivity index is 2.30. The Kier molecular flexibility index (Phi) is 10.1. The van der Waals surface area contributed by atoms with E-state index in [1.165, 1.54) is 0 Å². The van der Waals surface area contributed by atoms with Crippen LogP contribution in [0.15, 0.2) is 30.3 Å². The van der Waals surface area contributed by atoms with Gasteiger partial charge in [-0.3, -0.25) is 9.59 Å². The quantitative estimate of drug-likeness (QED) is 0.440. The van der Waals surface area contributed by atoms with Gasteiger partial charge in [-0.25, -0.2) is 0 Å². The Morgan fingerprint density at radius 1 is 1.03 bits per heavy atom. The summed E-state index contributed by atoms with van der Waals surface area (Å²) in [6, 6.07) is 8.60. The van der Waals surface area contributed by atoms with Gasteiger partial charge in [-0.2, -0.15) is 0 Å². The molecule has 0 fully saturated rings. The molecule has 0 aliphatic rings. The van der Waals surface area contributed by atoms with Crippen molar-refractivity contribution in [2.45, 2.75) is 73.0 Å². The molecule has 180 valence electrons. The van der Waals surface area contributed by atoms with Gasteiger partial charge in [-0.1, -0.05) is 49.2 Å². The van der Waals surface area contributed by atoms with Crippen molar-refractivity contribution in [2.75, 3.05) is 6.61 Å². The molecule has 0 unspecified atom stereocenters. The first-order valence-corrected chi connectivity index (χ1v) is 12.1. The van der Waals surface area contributed by atoms with Gasteiger partial charge in [0.15, 0.2) is 6.61 Å². The number of benzene rings is 2. The lowest BCUT2D eigenvalue weighted by molar-refractivity contribution is -0.143. The average molecular weight is 493 g/mol. The summed E-state index contributed by atoms with van der Waals surface area (Å²) < 4.78 is 5.93. The van der Waals surface area contributed by atoms with Crippen molar-refractivity contribution in [3.63, 3.8) is 0 Å². The van der Waals surface area contributed by atoms with E-state index < -0.39 is 6.04 Å². The van der Waals surface area contributed by atoms with E-state index in [-0.39, 0.29) is 31.0 Å². The first kappa shape index (κ1) is 27.0. The predicted molar refractivity (Wildman–Crippen MR) is 135 cm³/mol. The number of hydrogen-bond acceptors (Lipinski definition) is 3. The SMILES string of the molecule is CC[C@H](C(=O)N[C@@H](C)CC)N(Cc1ccc(Cl)c(Cl)c1)C(=O)COc1cc(C)cc(C)c1C. The minimum atomic E-state index is -0.634. The van der Waals surface area contributed by atoms with Crippen LogP contribution in [0.1, 0.15) is 55.9 Å². The number of carbonyl (C=O) groups is 2. The molecule has 0 heterocycles. The smallest absolute Gasteiger partial charge is 0.261 e. The van der Waals surface area contributed by atoms with Crippen LogP contribution in [0.5, 0.6) is 5.75 Å². The zero-order valence-corrected chi connectivity index (χ0v) is 21.8. The molecule has 2 aromatic rings. The third-order valence-electron chi connectivity index (χ3n) is 5.84. The number of halogens is 2. The normalized spacial score (nSPS) is 12.7. The molecule has 0 bridgehead atoms. The molecule has 1 N–H and O–H groups in total. The Hall–Kier alpha value is -2.24. The van der Waals surface area contributed by atoms with Crippen LogP contribution in [0.25, 0.3) is 0 Å². The molecule has 2 rings (SSSR count). The number of ether oxygens (including phenoxy) is 1. The van der Waals surface area contributed by atoms with Crippen LogP contribution in [0, 0.1) is 20.8 Å². The van der Waals surface area contributed by atoms with Crippen LogP contribution in [0.2, 0.25) is 10.0 Å². The highest BCUT2D eigenvalue weighted by molar-refractivity contribution is 6.42. The summed E-state index contributed by atoms with van der Waals surface area (Å²) in [5, 5.41) is 3.84. The number of carbonyl (C=O) groups excluding carboxylic acids is 2. The molecule has 0 aliphatic heterocycles. The molecule has 0 radical (unpaired) electrons. The molecule has 0 aromatic heterocycles. The second-order valence-corrected chi connectivity index (χ2v) is 9.32. The molecule has 5 nitrogen and oxygen atoms in total. The molecule has 2 amide bonds. The van der Waals surface area contributed by atoms with Crippen LogP contribution < -0.4 is 10.1 Å². The highest BCUT2D eigenvalue weighted by atomic mass is 35.5. The van der Waals surface area contributed by atoms with Gasteiger partial charge in [-0.15, -0.1) is 0 Å². The molecule has 7 heteroatoms. The molecule has 0 saturated carbocycles. The van der Waals surface area contributed by atoms with Crippen molar-refractivity contribution in [1.82, 2.24) is 10.2 Å². The number of hydrogen-bond donors (Lipinski definition) is 1. The first-order chi connectivity index (χ1) is 15.6. The Labute approximate surface area is 207 Å². The lowest BCUT2D eigenvalue weighted by Gasteiger charge is -2.31. The second kappa shape index (κ2) is 12.3. The molecule has 0 aliphatic carbocycles. The van der Waals surface area contributed by atoms with Gasteiger partial charge in [0.2, 0.25) is 5.91 Å². The zero-order chi connectivity index (χ0) is 24.7. The van der Waals surface area contributed by atoms with Crippen LogP contribution in [0.3, 0.4) is 0 Å². The molecule has 0 spiro atoms. The monoisotopic (exact) mass is 492 g/mol. The number of aryl methyl sites for hydroxylation is 2. The van der Waals surface area contributed by atoms with Crippen molar-refractivity contribution < 1.29 is 14.3 Å². The minimum Gasteiger partial charge on any atom is -0.483 e. The van der Waals surface area contributed by atoms with Crippen molar-refractivity contribution in [2.24, 2.45) is 0 Å². The van der Waals surface area contributed by atoms with Crippen LogP contribution in [-0.4, -0.2) is 35.4 Å². The van der Waals surface area contributed by atoms with Crippen LogP contribution in [-0.2, 0) is 16.1 Å². The molecular formula is C26H34Cl2N2O3. The van der Waals surface area contributed by atoms with E-state index in [9.17, 15) is 9.59 Å². The number of nitrogens with zero attached hydrogens (tertiary/aromatic N) is 1. The number of nitrogens with one attached hydrogen (secondary N) is 1. The lowest BCUT2D eigenvalue weighted by Crippen LogP contribution is -2.51. The first-order valence-electron chi connectivity index (χ1n) is 11.3. The van der Waals surface area contributed by atoms with Crippen molar-refractivity contribution in [1.29, 1.82) is 0 Å². The van der Waals surface area contributed by atoms with Gasteiger partial charge < -0.3 is 15.0 Å². The summed E-state index contributed by atoms with van der Waals surface area (Å²) in [5.41, 5.74) is 3.94. The summed E-state index contributed by atoms with van der Waals surface area (Å²) in [5.74, 6) is 0.223. The third kappa shape index (κ3) is 7.38. The maximum absolute atomic E-state index is 13.4. The third-order valence-corrected chi connectivity index (χ3v) is 6.58. The minimum absolute atomic E-state index is 0.0163. The maximum atomic E-state index is 13.4. The van der Waals surface area contributed by atoms with E-state index in [0.29, 0.717) is 22.2 Å². The fourth-order valence-corrected chi connectivity index (χ4v) is 3.89. The summed E-state index contributed by atoms with van der Waals surface area (Å²) in [6.07, 6.45) is 1.27. The fourth-order valence-electron chi connectivity index (χ4n) is 3.57. The van der Waals surface area contributed by atoms with E-state index in [2.05, 4.69) is 11.4 Å². The molecule has 2 aromatic carbocycles. The van der Waals surface area contributed by atoms with E-state index in [1.54, 1.807) is 17.0 Å². The lowest BCUT2D eigenvalue weighted by atomic mass is 10.1. The van der Waals surface area contributed by atoms with Crippen molar-refractivity contribution in [3.8, 4) is 5.75 Å². The average Bonchev–Trinajstić information content (AvgIpc) is 2.77. The predicted octanol–water partition coefficient (Wildman–Crippen LogP) is 6.02. The van der Waals surface area contributed by atoms with Gasteiger partial charge in [0, 0.05) is 12.6 Å². The molecule has 0 saturated heterocycles. The second-order valence-electron chi connectivity index (χ2n) is 8.51. The molecule has 33 heavy (non-hydrogen) atoms. The van der Waals surface area contributed by atoms with Gasteiger partial charge in [0.25, 0.3) is 5.91 Å². The summed E-state index contributed by atoms with van der Waals surface area (Å²) >= 11 is 12.2. The standard InChI is InChI=1S/C26H34Cl2N2O3/c1-7-18(5)29-26(32)23(8-2)30(14-20-9-10-21(27)22(28)13-20)25(31)15-33-24-12-16(3)11-17(4)19(24)6/h9-13,18,23H,7-8,14-15H2,1-6H3,(H,29,32)/t18-,23+/m0/s1. The zero-order valence-electron chi connectivity index (χ0n) is 20.3.